The summed E-state index contributed by atoms with van der Waals surface area (Å²) < 4.78 is 29.0. The van der Waals surface area contributed by atoms with Crippen molar-refractivity contribution in [2.24, 2.45) is 0 Å². The van der Waals surface area contributed by atoms with E-state index in [2.05, 4.69) is 27.9 Å². The predicted molar refractivity (Wildman–Crippen MR) is 112 cm³/mol. The zero-order valence-corrected chi connectivity index (χ0v) is 21.6. The van der Waals surface area contributed by atoms with Crippen LogP contribution in [0.4, 0.5) is 10.5 Å². The number of likely N-dealkylation sites (tertiary alicyclic amines) is 1. The molecule has 0 unspecified atom stereocenters. The van der Waals surface area contributed by atoms with Crippen molar-refractivity contribution in [3.05, 3.63) is 33.0 Å². The summed E-state index contributed by atoms with van der Waals surface area (Å²) in [6, 6.07) is 1.56. The van der Waals surface area contributed by atoms with Crippen molar-refractivity contribution in [2.45, 2.75) is 70.0 Å². The Labute approximate surface area is 217 Å². The number of nitrogens with one attached hydrogen (secondary N) is 1. The van der Waals surface area contributed by atoms with Gasteiger partial charge in [-0.25, -0.2) is 8.42 Å². The molecule has 1 heterocycles. The second-order valence-electron chi connectivity index (χ2n) is 8.31. The number of fused-ring (bicyclic) bond motifs is 2. The quantitative estimate of drug-likeness (QED) is 0.682. The largest absolute Gasteiger partial charge is 1.00 e. The Morgan fingerprint density at radius 3 is 2.24 bits per heavy atom. The van der Waals surface area contributed by atoms with Gasteiger partial charge in [-0.15, -0.1) is 0 Å². The molecular weight excluding hydrogens is 413 g/mol. The van der Waals surface area contributed by atoms with Crippen LogP contribution >= 0.6 is 0 Å². The van der Waals surface area contributed by atoms with Crippen molar-refractivity contribution in [3.8, 4) is 0 Å². The monoisotopic (exact) mass is 443 g/mol. The van der Waals surface area contributed by atoms with E-state index in [1.54, 1.807) is 0 Å². The number of sulfonamides is 1. The van der Waals surface area contributed by atoms with Gasteiger partial charge in [-0.3, -0.25) is 4.79 Å². The molecule has 3 aliphatic rings. The average Bonchev–Trinajstić information content (AvgIpc) is 3.31. The molecule has 1 aliphatic heterocycles. The van der Waals surface area contributed by atoms with Crippen LogP contribution in [0.2, 0.25) is 0 Å². The fraction of sp³-hybridized carbons (Fsp3) is 0.667. The molecular formula is C21H30KN3O3S. The molecule has 0 bridgehead atoms. The maximum absolute atomic E-state index is 12.7. The van der Waals surface area contributed by atoms with Crippen LogP contribution in [-0.4, -0.2) is 44.2 Å². The number of anilines is 1. The second-order valence-corrected chi connectivity index (χ2v) is 10.2. The van der Waals surface area contributed by atoms with Gasteiger partial charge < -0.3 is 14.9 Å². The first-order valence-corrected chi connectivity index (χ1v) is 12.1. The Bertz CT molecular complexity index is 832. The van der Waals surface area contributed by atoms with Gasteiger partial charge in [-0.2, -0.15) is 0 Å². The minimum absolute atomic E-state index is 0. The van der Waals surface area contributed by atoms with Gasteiger partial charge in [-0.05, 0) is 105 Å². The topological polar surface area (TPSA) is 80.6 Å². The van der Waals surface area contributed by atoms with E-state index in [1.165, 1.54) is 22.3 Å². The number of hydrogen-bond donors (Lipinski definition) is 1. The van der Waals surface area contributed by atoms with Crippen molar-refractivity contribution in [3.63, 3.8) is 0 Å². The molecule has 0 radical (unpaired) electrons. The van der Waals surface area contributed by atoms with E-state index in [4.69, 9.17) is 0 Å². The summed E-state index contributed by atoms with van der Waals surface area (Å²) in [5, 5.41) is 2.33. The molecule has 1 fully saturated rings. The van der Waals surface area contributed by atoms with E-state index in [1.807, 2.05) is 0 Å². The molecule has 0 saturated carbocycles. The van der Waals surface area contributed by atoms with Gasteiger partial charge in [0.05, 0.1) is 5.25 Å². The zero-order valence-electron chi connectivity index (χ0n) is 17.7. The molecule has 1 aromatic carbocycles. The van der Waals surface area contributed by atoms with Gasteiger partial charge in [0.1, 0.15) is 0 Å². The summed E-state index contributed by atoms with van der Waals surface area (Å²) in [5.41, 5.74) is 5.84. The maximum Gasteiger partial charge on any atom is 1.00 e. The number of benzene rings is 1. The van der Waals surface area contributed by atoms with Crippen LogP contribution < -0.4 is 56.7 Å². The summed E-state index contributed by atoms with van der Waals surface area (Å²) in [5.74, 6) is 0. The van der Waals surface area contributed by atoms with Gasteiger partial charge in [-0.1, -0.05) is 13.0 Å². The van der Waals surface area contributed by atoms with Crippen molar-refractivity contribution in [1.29, 1.82) is 0 Å². The van der Waals surface area contributed by atoms with Crippen LogP contribution in [-0.2, 0) is 35.7 Å². The number of aryl methyl sites for hydroxylation is 2. The van der Waals surface area contributed by atoms with Crippen molar-refractivity contribution in [1.82, 2.24) is 4.90 Å². The second kappa shape index (κ2) is 10.1. The summed E-state index contributed by atoms with van der Waals surface area (Å²) in [6.07, 6.45) is 8.32. The number of hydrogen-bond acceptors (Lipinski definition) is 4. The number of carbonyl (C=O) groups excluding carboxylic acids is 1. The third kappa shape index (κ3) is 5.27. The molecule has 6 nitrogen and oxygen atoms in total. The molecule has 8 heteroatoms. The van der Waals surface area contributed by atoms with E-state index in [0.29, 0.717) is 12.8 Å². The van der Waals surface area contributed by atoms with E-state index in [-0.39, 0.29) is 51.4 Å². The van der Waals surface area contributed by atoms with Gasteiger partial charge >= 0.3 is 51.4 Å². The Balaban J connectivity index is 0.00000240. The van der Waals surface area contributed by atoms with Gasteiger partial charge in [0.2, 0.25) is 0 Å². The summed E-state index contributed by atoms with van der Waals surface area (Å²) in [6.45, 7) is 4.64. The fourth-order valence-electron chi connectivity index (χ4n) is 5.03. The van der Waals surface area contributed by atoms with Crippen LogP contribution in [0.3, 0.4) is 0 Å². The molecule has 0 aromatic heterocycles. The van der Waals surface area contributed by atoms with Crippen molar-refractivity contribution < 1.29 is 64.6 Å². The van der Waals surface area contributed by atoms with Crippen LogP contribution in [0.15, 0.2) is 6.07 Å². The molecule has 1 saturated heterocycles. The summed E-state index contributed by atoms with van der Waals surface area (Å²) >= 11 is 0. The smallest absolute Gasteiger partial charge is 0.423 e. The SMILES string of the molecule is CCCN1CCC(S(=O)(=O)[N-]C(=O)Nc2c3c(cc4c2CCC4)CCC3)CC1.[K+]. The molecule has 0 spiro atoms. The van der Waals surface area contributed by atoms with Gasteiger partial charge in [0.15, 0.2) is 16.1 Å². The number of nitrogens with zero attached hydrogens (tertiary/aromatic N) is 2. The molecule has 1 aromatic rings. The molecule has 29 heavy (non-hydrogen) atoms. The van der Waals surface area contributed by atoms with E-state index in [0.717, 1.165) is 70.3 Å². The minimum Gasteiger partial charge on any atom is -0.423 e. The Hall–Kier alpha value is 0.0364. The third-order valence-corrected chi connectivity index (χ3v) is 8.14. The minimum atomic E-state index is -3.78. The van der Waals surface area contributed by atoms with E-state index in [9.17, 15) is 13.2 Å². The molecule has 2 aliphatic carbocycles. The van der Waals surface area contributed by atoms with Crippen LogP contribution in [0, 0.1) is 0 Å². The number of piperidine rings is 1. The molecule has 154 valence electrons. The first kappa shape index (κ1) is 23.7. The molecule has 0 atom stereocenters. The van der Waals surface area contributed by atoms with E-state index < -0.39 is 21.3 Å². The number of rotatable bonds is 5. The number of urea groups is 1. The molecule has 2 amide bonds. The van der Waals surface area contributed by atoms with Gasteiger partial charge in [0, 0.05) is 0 Å². The maximum atomic E-state index is 12.7. The standard InChI is InChI=1S/C21H31N3O3S.K/c1-2-11-24-12-9-17(10-13-24)28(26,27)23-21(25)22-20-18-7-3-5-15(18)14-16-6-4-8-19(16)20;/h14,17H,2-13H2,1H3,(H2,22,23,25);/q;+1/p-1. The van der Waals surface area contributed by atoms with Crippen LogP contribution in [0.25, 0.3) is 4.72 Å². The first-order valence-electron chi connectivity index (χ1n) is 10.6. The van der Waals surface area contributed by atoms with Crippen molar-refractivity contribution in [2.75, 3.05) is 25.0 Å². The van der Waals surface area contributed by atoms with Gasteiger partial charge in [0.25, 0.3) is 0 Å². The average molecular weight is 444 g/mol. The molecule has 1 N–H and O–H groups in total. The summed E-state index contributed by atoms with van der Waals surface area (Å²) in [7, 11) is -3.78. The Morgan fingerprint density at radius 1 is 1.10 bits per heavy atom. The third-order valence-electron chi connectivity index (χ3n) is 6.41. The Morgan fingerprint density at radius 2 is 1.69 bits per heavy atom. The number of amides is 2. The predicted octanol–water partition coefficient (Wildman–Crippen LogP) is 0.778. The van der Waals surface area contributed by atoms with Crippen molar-refractivity contribution >= 4 is 21.7 Å². The summed E-state index contributed by atoms with van der Waals surface area (Å²) in [4.78, 5) is 14.9. The normalized spacial score (nSPS) is 19.3. The fourth-order valence-corrected chi connectivity index (χ4v) is 6.27. The van der Waals surface area contributed by atoms with Crippen LogP contribution in [0.1, 0.15) is 61.3 Å². The zero-order chi connectivity index (χ0) is 19.7. The van der Waals surface area contributed by atoms with E-state index >= 15 is 0 Å². The number of carbonyl (C=O) groups is 1. The van der Waals surface area contributed by atoms with Crippen LogP contribution in [0.5, 0.6) is 0 Å². The Kier molecular flexibility index (Phi) is 8.26. The molecule has 4 rings (SSSR count). The first-order chi connectivity index (χ1) is 13.5.